The number of benzene rings is 2. The second kappa shape index (κ2) is 14.0. The number of ether oxygens (including phenoxy) is 3. The fraction of sp³-hybridized carbons (Fsp3) is 0.488. The number of halogens is 4. The molecule has 3 aliphatic heterocycles. The van der Waals surface area contributed by atoms with Crippen molar-refractivity contribution in [1.82, 2.24) is 24.8 Å². The third-order valence-corrected chi connectivity index (χ3v) is 11.2. The van der Waals surface area contributed by atoms with Crippen molar-refractivity contribution in [1.29, 1.82) is 0 Å². The molecule has 2 aromatic carbocycles. The number of hydrogen-bond donors (Lipinski definition) is 2. The molecule has 4 aliphatic rings. The molecule has 13 nitrogen and oxygen atoms in total. The van der Waals surface area contributed by atoms with Crippen molar-refractivity contribution in [3.63, 3.8) is 0 Å². The highest BCUT2D eigenvalue weighted by molar-refractivity contribution is 6.06. The molecule has 2 N–H and O–H groups in total. The quantitative estimate of drug-likeness (QED) is 0.136. The maximum Gasteiger partial charge on any atom is 0.412 e. The standard InChI is InChI=1S/C41H43F4N7O6/c1-7-22-9-8-10-23-15-24(46-37(53)58-39(3,4)5)16-26(28(22)23)31-30(42)32-29-34(49-36(48-32)56-20-40(13-14-40)18-50(6)19-41(43,44)45)51-17-25-11-12-27(52(25)38(54)55)33(51)21(2)57-35(29)47-31/h1,8-10,15-16,21,25,27,33H,11-14,17-20H2,2-6H3,(H,46,53)(H,54,55). The molecule has 0 radical (unpaired) electrons. The van der Waals surface area contributed by atoms with Gasteiger partial charge < -0.3 is 24.2 Å². The Labute approximate surface area is 331 Å². The first-order chi connectivity index (χ1) is 27.3. The van der Waals surface area contributed by atoms with Crippen LogP contribution in [0.4, 0.5) is 38.7 Å². The molecule has 58 heavy (non-hydrogen) atoms. The number of alkyl halides is 3. The number of pyridine rings is 1. The summed E-state index contributed by atoms with van der Waals surface area (Å²) in [7, 11) is 1.40. The number of nitrogens with zero attached hydrogens (tertiary/aromatic N) is 6. The van der Waals surface area contributed by atoms with Crippen LogP contribution in [0, 0.1) is 23.6 Å². The SMILES string of the molecule is C#Cc1cccc2cc(NC(=O)OC(C)(C)C)cc(-c3nc4c5c(nc(OCC6(CN(C)CC(F)(F)F)CC6)nc5c3F)N3CC5CCC(C3C(C)O4)N5C(=O)O)c12. The van der Waals surface area contributed by atoms with E-state index in [0.29, 0.717) is 42.0 Å². The van der Waals surface area contributed by atoms with Crippen molar-refractivity contribution in [2.24, 2.45) is 5.41 Å². The zero-order valence-electron chi connectivity index (χ0n) is 32.6. The maximum absolute atomic E-state index is 17.6. The maximum atomic E-state index is 17.6. The van der Waals surface area contributed by atoms with E-state index in [1.54, 1.807) is 52.0 Å². The van der Waals surface area contributed by atoms with Gasteiger partial charge in [-0.1, -0.05) is 18.1 Å². The van der Waals surface area contributed by atoms with E-state index in [1.165, 1.54) is 22.9 Å². The minimum Gasteiger partial charge on any atom is -0.472 e. The van der Waals surface area contributed by atoms with E-state index in [4.69, 9.17) is 30.6 Å². The number of fused-ring (bicyclic) bond motifs is 6. The molecule has 2 saturated heterocycles. The third kappa shape index (κ3) is 7.34. The molecule has 306 valence electrons. The van der Waals surface area contributed by atoms with Crippen molar-refractivity contribution < 1.29 is 46.5 Å². The number of aromatic nitrogens is 3. The lowest BCUT2D eigenvalue weighted by Gasteiger charge is -2.47. The summed E-state index contributed by atoms with van der Waals surface area (Å²) in [6, 6.07) is 6.83. The molecule has 2 amide bonds. The van der Waals surface area contributed by atoms with E-state index in [0.717, 1.165) is 0 Å². The van der Waals surface area contributed by atoms with Gasteiger partial charge in [0.25, 0.3) is 0 Å². The second-order valence-electron chi connectivity index (χ2n) is 16.9. The molecule has 2 bridgehead atoms. The van der Waals surface area contributed by atoms with Gasteiger partial charge in [0.1, 0.15) is 34.1 Å². The summed E-state index contributed by atoms with van der Waals surface area (Å²) >= 11 is 0. The van der Waals surface area contributed by atoms with Crippen molar-refractivity contribution in [2.45, 2.75) is 89.4 Å². The normalized spacial score (nSPS) is 21.9. The molecular formula is C41H43F4N7O6. The zero-order valence-corrected chi connectivity index (χ0v) is 32.6. The van der Waals surface area contributed by atoms with E-state index in [1.807, 2.05) is 4.90 Å². The predicted octanol–water partition coefficient (Wildman–Crippen LogP) is 7.45. The molecule has 8 rings (SSSR count). The van der Waals surface area contributed by atoms with Gasteiger partial charge in [-0.3, -0.25) is 15.1 Å². The van der Waals surface area contributed by atoms with Crippen LogP contribution in [0.15, 0.2) is 30.3 Å². The average Bonchev–Trinajstić information content (AvgIpc) is 3.83. The van der Waals surface area contributed by atoms with Gasteiger partial charge in [-0.05, 0) is 84.0 Å². The first kappa shape index (κ1) is 39.2. The lowest BCUT2D eigenvalue weighted by atomic mass is 9.95. The predicted molar refractivity (Wildman–Crippen MR) is 207 cm³/mol. The van der Waals surface area contributed by atoms with E-state index < -0.39 is 59.9 Å². The molecule has 2 aromatic heterocycles. The first-order valence-electron chi connectivity index (χ1n) is 19.1. The summed E-state index contributed by atoms with van der Waals surface area (Å²) in [6.45, 7) is 6.23. The smallest absolute Gasteiger partial charge is 0.412 e. The molecule has 0 spiro atoms. The lowest BCUT2D eigenvalue weighted by molar-refractivity contribution is -0.144. The number of carbonyl (C=O) groups excluding carboxylic acids is 1. The highest BCUT2D eigenvalue weighted by Gasteiger charge is 2.53. The van der Waals surface area contributed by atoms with Gasteiger partial charge in [0.15, 0.2) is 5.82 Å². The fourth-order valence-electron chi connectivity index (χ4n) is 8.87. The van der Waals surface area contributed by atoms with Crippen LogP contribution in [0.3, 0.4) is 0 Å². The molecule has 17 heteroatoms. The van der Waals surface area contributed by atoms with E-state index in [-0.39, 0.29) is 71.3 Å². The molecule has 4 aromatic rings. The van der Waals surface area contributed by atoms with Crippen LogP contribution >= 0.6 is 0 Å². The number of anilines is 2. The van der Waals surface area contributed by atoms with Crippen LogP contribution < -0.4 is 19.7 Å². The van der Waals surface area contributed by atoms with Crippen molar-refractivity contribution in [3.05, 3.63) is 41.7 Å². The Morgan fingerprint density at radius 2 is 1.90 bits per heavy atom. The summed E-state index contributed by atoms with van der Waals surface area (Å²) in [6.07, 6.45) is 1.55. The number of terminal acetylenes is 1. The Kier molecular flexibility index (Phi) is 9.49. The Morgan fingerprint density at radius 3 is 2.57 bits per heavy atom. The van der Waals surface area contributed by atoms with Gasteiger partial charge >= 0.3 is 24.4 Å². The number of amides is 2. The van der Waals surface area contributed by atoms with Crippen LogP contribution in [0.1, 0.15) is 58.9 Å². The van der Waals surface area contributed by atoms with Gasteiger partial charge in [-0.25, -0.2) is 19.0 Å². The molecule has 1 aliphatic carbocycles. The zero-order chi connectivity index (χ0) is 41.5. The number of carboxylic acid groups (broad SMARTS) is 1. The minimum atomic E-state index is -4.37. The van der Waals surface area contributed by atoms with Crippen molar-refractivity contribution >= 4 is 45.4 Å². The summed E-state index contributed by atoms with van der Waals surface area (Å²) in [5.41, 5.74) is -0.870. The second-order valence-corrected chi connectivity index (χ2v) is 16.9. The Balaban J connectivity index is 1.29. The van der Waals surface area contributed by atoms with Gasteiger partial charge in [0.05, 0.1) is 31.3 Å². The van der Waals surface area contributed by atoms with Crippen LogP contribution in [-0.4, -0.2) is 111 Å². The summed E-state index contributed by atoms with van der Waals surface area (Å²) in [4.78, 5) is 44.2. The van der Waals surface area contributed by atoms with Crippen LogP contribution in [-0.2, 0) is 4.74 Å². The Hall–Kier alpha value is -5.63. The molecule has 1 saturated carbocycles. The highest BCUT2D eigenvalue weighted by atomic mass is 19.4. The number of piperazine rings is 1. The molecule has 5 heterocycles. The van der Waals surface area contributed by atoms with E-state index >= 15 is 4.39 Å². The highest BCUT2D eigenvalue weighted by Crippen LogP contribution is 2.49. The molecule has 4 atom stereocenters. The van der Waals surface area contributed by atoms with Gasteiger partial charge in [0, 0.05) is 40.7 Å². The van der Waals surface area contributed by atoms with Crippen LogP contribution in [0.5, 0.6) is 11.9 Å². The lowest BCUT2D eigenvalue weighted by Crippen LogP contribution is -2.64. The van der Waals surface area contributed by atoms with Gasteiger partial charge in [-0.15, -0.1) is 6.42 Å². The van der Waals surface area contributed by atoms with Gasteiger partial charge in [0.2, 0.25) is 5.88 Å². The summed E-state index contributed by atoms with van der Waals surface area (Å²) in [5, 5.41) is 14.1. The Bertz CT molecular complexity index is 2380. The monoisotopic (exact) mass is 805 g/mol. The van der Waals surface area contributed by atoms with E-state index in [2.05, 4.69) is 16.2 Å². The first-order valence-corrected chi connectivity index (χ1v) is 19.1. The Morgan fingerprint density at radius 1 is 1.14 bits per heavy atom. The molecule has 3 fully saturated rings. The van der Waals surface area contributed by atoms with E-state index in [9.17, 15) is 27.9 Å². The minimum absolute atomic E-state index is 0.00289. The summed E-state index contributed by atoms with van der Waals surface area (Å²) in [5.74, 6) is 2.04. The number of hydrogen-bond acceptors (Lipinski definition) is 10. The summed E-state index contributed by atoms with van der Waals surface area (Å²) < 4.78 is 75.4. The molecule has 4 unspecified atom stereocenters. The number of nitrogens with one attached hydrogen (secondary N) is 1. The number of rotatable bonds is 8. The third-order valence-electron chi connectivity index (χ3n) is 11.2. The molecular weight excluding hydrogens is 762 g/mol. The van der Waals surface area contributed by atoms with Crippen LogP contribution in [0.25, 0.3) is 32.9 Å². The largest absolute Gasteiger partial charge is 0.472 e. The van der Waals surface area contributed by atoms with Gasteiger partial charge in [-0.2, -0.15) is 23.1 Å². The van der Waals surface area contributed by atoms with Crippen molar-refractivity contribution in [2.75, 3.05) is 43.5 Å². The number of carbonyl (C=O) groups is 2. The van der Waals surface area contributed by atoms with Crippen molar-refractivity contribution in [3.8, 4) is 35.5 Å². The topological polar surface area (TPSA) is 142 Å². The van der Waals surface area contributed by atoms with Crippen LogP contribution in [0.2, 0.25) is 0 Å². The average molecular weight is 806 g/mol. The fourth-order valence-corrected chi connectivity index (χ4v) is 8.87.